The van der Waals surface area contributed by atoms with Crippen molar-refractivity contribution in [2.45, 2.75) is 18.4 Å². The summed E-state index contributed by atoms with van der Waals surface area (Å²) in [5, 5.41) is 10.4. The molecule has 1 saturated carbocycles. The first kappa shape index (κ1) is 9.08. The molecular weight excluding hydrogens is 187 g/mol. The Morgan fingerprint density at radius 3 is 2.71 bits per heavy atom. The summed E-state index contributed by atoms with van der Waals surface area (Å²) in [6, 6.07) is 4.15. The highest BCUT2D eigenvalue weighted by molar-refractivity contribution is 5.41. The Bertz CT molecular complexity index is 394. The number of halogens is 1. The minimum Gasteiger partial charge on any atom is -0.327 e. The van der Waals surface area contributed by atoms with Crippen LogP contribution in [-0.4, -0.2) is 11.0 Å². The molecule has 2 rings (SSSR count). The van der Waals surface area contributed by atoms with Gasteiger partial charge in [-0.1, -0.05) is 12.1 Å². The Morgan fingerprint density at radius 2 is 2.21 bits per heavy atom. The second kappa shape index (κ2) is 3.02. The molecule has 1 aromatic carbocycles. The fourth-order valence-corrected chi connectivity index (χ4v) is 1.54. The molecule has 0 radical (unpaired) electrons. The monoisotopic (exact) mass is 196 g/mol. The molecule has 0 aromatic heterocycles. The van der Waals surface area contributed by atoms with Crippen LogP contribution in [0.2, 0.25) is 0 Å². The number of nitrogens with two attached hydrogens (primary N) is 1. The Morgan fingerprint density at radius 1 is 1.57 bits per heavy atom. The predicted octanol–water partition coefficient (Wildman–Crippen LogP) is 1.55. The van der Waals surface area contributed by atoms with Crippen molar-refractivity contribution < 1.29 is 9.31 Å². The smallest absolute Gasteiger partial charge is 0.305 e. The zero-order valence-electron chi connectivity index (χ0n) is 7.31. The fraction of sp³-hybridized carbons (Fsp3) is 0.333. The lowest BCUT2D eigenvalue weighted by atomic mass is 10.1. The van der Waals surface area contributed by atoms with Crippen LogP contribution in [0.5, 0.6) is 0 Å². The van der Waals surface area contributed by atoms with Gasteiger partial charge in [0, 0.05) is 18.0 Å². The number of nitrogens with zero attached hydrogens (tertiary/aromatic N) is 1. The van der Waals surface area contributed by atoms with Gasteiger partial charge in [-0.2, -0.15) is 4.39 Å². The zero-order valence-corrected chi connectivity index (χ0v) is 7.31. The molecule has 14 heavy (non-hydrogen) atoms. The first-order chi connectivity index (χ1) is 6.61. The van der Waals surface area contributed by atoms with E-state index < -0.39 is 16.4 Å². The third kappa shape index (κ3) is 1.35. The summed E-state index contributed by atoms with van der Waals surface area (Å²) in [7, 11) is 0. The van der Waals surface area contributed by atoms with Gasteiger partial charge in [0.25, 0.3) is 0 Å². The molecule has 0 spiro atoms. The molecule has 5 heteroatoms. The van der Waals surface area contributed by atoms with E-state index in [1.807, 2.05) is 0 Å². The molecule has 1 fully saturated rings. The van der Waals surface area contributed by atoms with E-state index in [1.54, 1.807) is 6.07 Å². The van der Waals surface area contributed by atoms with Crippen molar-refractivity contribution in [1.29, 1.82) is 0 Å². The van der Waals surface area contributed by atoms with E-state index >= 15 is 0 Å². The molecule has 4 nitrogen and oxygen atoms in total. The largest absolute Gasteiger partial charge is 0.327 e. The normalized spacial score (nSPS) is 24.7. The van der Waals surface area contributed by atoms with Crippen molar-refractivity contribution in [3.8, 4) is 0 Å². The molecular formula is C9H9FN2O2. The number of benzene rings is 1. The van der Waals surface area contributed by atoms with Gasteiger partial charge in [0.05, 0.1) is 4.92 Å². The number of nitro benzene ring substituents is 1. The molecule has 1 aliphatic rings. The molecule has 1 aromatic rings. The van der Waals surface area contributed by atoms with Crippen LogP contribution < -0.4 is 5.73 Å². The molecule has 1 aliphatic carbocycles. The van der Waals surface area contributed by atoms with Crippen LogP contribution in [-0.2, 0) is 0 Å². The summed E-state index contributed by atoms with van der Waals surface area (Å²) in [6.45, 7) is 0. The second-order valence-electron chi connectivity index (χ2n) is 3.44. The maximum absolute atomic E-state index is 13.5. The van der Waals surface area contributed by atoms with Crippen LogP contribution in [0.15, 0.2) is 18.2 Å². The van der Waals surface area contributed by atoms with Crippen LogP contribution in [0, 0.1) is 15.9 Å². The van der Waals surface area contributed by atoms with Crippen molar-refractivity contribution >= 4 is 5.69 Å². The fourth-order valence-electron chi connectivity index (χ4n) is 1.54. The summed E-state index contributed by atoms with van der Waals surface area (Å²) in [5.74, 6) is -0.787. The third-order valence-electron chi connectivity index (χ3n) is 2.44. The Hall–Kier alpha value is -1.49. The molecule has 0 bridgehead atoms. The lowest BCUT2D eigenvalue weighted by molar-refractivity contribution is -0.387. The van der Waals surface area contributed by atoms with Gasteiger partial charge in [-0.3, -0.25) is 10.1 Å². The quantitative estimate of drug-likeness (QED) is 0.576. The van der Waals surface area contributed by atoms with Crippen molar-refractivity contribution in [3.05, 3.63) is 39.7 Å². The van der Waals surface area contributed by atoms with E-state index in [2.05, 4.69) is 0 Å². The lowest BCUT2D eigenvalue weighted by Gasteiger charge is -2.00. The van der Waals surface area contributed by atoms with E-state index in [0.717, 1.165) is 6.07 Å². The van der Waals surface area contributed by atoms with Gasteiger partial charge in [0.15, 0.2) is 0 Å². The topological polar surface area (TPSA) is 69.2 Å². The first-order valence-electron chi connectivity index (χ1n) is 4.29. The van der Waals surface area contributed by atoms with Gasteiger partial charge in [-0.25, -0.2) is 0 Å². The number of hydrogen-bond donors (Lipinski definition) is 1. The number of rotatable bonds is 2. The van der Waals surface area contributed by atoms with Gasteiger partial charge >= 0.3 is 5.69 Å². The third-order valence-corrected chi connectivity index (χ3v) is 2.44. The molecule has 0 amide bonds. The number of nitro groups is 1. The van der Waals surface area contributed by atoms with Gasteiger partial charge in [0.1, 0.15) is 0 Å². The van der Waals surface area contributed by atoms with Crippen LogP contribution in [0.25, 0.3) is 0 Å². The molecule has 0 unspecified atom stereocenters. The van der Waals surface area contributed by atoms with Crippen molar-refractivity contribution in [1.82, 2.24) is 0 Å². The van der Waals surface area contributed by atoms with Gasteiger partial charge in [0.2, 0.25) is 5.82 Å². The van der Waals surface area contributed by atoms with Gasteiger partial charge in [-0.15, -0.1) is 0 Å². The average molecular weight is 196 g/mol. The van der Waals surface area contributed by atoms with E-state index in [4.69, 9.17) is 5.73 Å². The summed E-state index contributed by atoms with van der Waals surface area (Å²) in [5.41, 5.74) is 5.45. The first-order valence-corrected chi connectivity index (χ1v) is 4.29. The molecule has 0 heterocycles. The van der Waals surface area contributed by atoms with E-state index in [-0.39, 0.29) is 12.0 Å². The minimum atomic E-state index is -0.740. The van der Waals surface area contributed by atoms with E-state index in [9.17, 15) is 14.5 Å². The predicted molar refractivity (Wildman–Crippen MR) is 48.4 cm³/mol. The van der Waals surface area contributed by atoms with Crippen LogP contribution in [0.1, 0.15) is 17.9 Å². The minimum absolute atomic E-state index is 0.0464. The maximum atomic E-state index is 13.5. The van der Waals surface area contributed by atoms with Gasteiger partial charge < -0.3 is 5.73 Å². The Balaban J connectivity index is 2.42. The summed E-state index contributed by atoms with van der Waals surface area (Å²) in [4.78, 5) is 9.72. The van der Waals surface area contributed by atoms with E-state index in [0.29, 0.717) is 12.0 Å². The highest BCUT2D eigenvalue weighted by Gasteiger charge is 2.38. The maximum Gasteiger partial charge on any atom is 0.305 e. The zero-order chi connectivity index (χ0) is 10.3. The summed E-state index contributed by atoms with van der Waals surface area (Å²) in [6.07, 6.45) is 0.706. The Labute approximate surface area is 79.7 Å². The standard InChI is InChI=1S/C9H9FN2O2/c10-9-5(6-4-7(6)11)2-1-3-8(9)12(13)14/h1-3,6-7H,4,11H2/t6-,7+/m0/s1. The lowest BCUT2D eigenvalue weighted by Crippen LogP contribution is -2.03. The highest BCUT2D eigenvalue weighted by Crippen LogP contribution is 2.41. The van der Waals surface area contributed by atoms with Crippen LogP contribution in [0.4, 0.5) is 10.1 Å². The van der Waals surface area contributed by atoms with Crippen molar-refractivity contribution in [2.75, 3.05) is 0 Å². The molecule has 2 atom stereocenters. The molecule has 74 valence electrons. The SMILES string of the molecule is N[C@@H]1C[C@H]1c1cccc([N+](=O)[O-])c1F. The average Bonchev–Trinajstić information content (AvgIpc) is 2.82. The molecule has 0 aliphatic heterocycles. The highest BCUT2D eigenvalue weighted by atomic mass is 19.1. The van der Waals surface area contributed by atoms with Gasteiger partial charge in [-0.05, 0) is 12.0 Å². The van der Waals surface area contributed by atoms with E-state index in [1.165, 1.54) is 6.07 Å². The van der Waals surface area contributed by atoms with Crippen molar-refractivity contribution in [2.24, 2.45) is 5.73 Å². The molecule has 0 saturated heterocycles. The summed E-state index contributed by atoms with van der Waals surface area (Å²) < 4.78 is 13.5. The van der Waals surface area contributed by atoms with Crippen molar-refractivity contribution in [3.63, 3.8) is 0 Å². The molecule has 2 N–H and O–H groups in total. The number of hydrogen-bond acceptors (Lipinski definition) is 3. The second-order valence-corrected chi connectivity index (χ2v) is 3.44. The van der Waals surface area contributed by atoms with Crippen LogP contribution in [0.3, 0.4) is 0 Å². The Kier molecular flexibility index (Phi) is 1.96. The summed E-state index contributed by atoms with van der Waals surface area (Å²) >= 11 is 0. The van der Waals surface area contributed by atoms with Crippen LogP contribution >= 0.6 is 0 Å².